The van der Waals surface area contributed by atoms with Crippen LogP contribution in [-0.4, -0.2) is 12.7 Å². The highest BCUT2D eigenvalue weighted by Crippen LogP contribution is 2.11. The Morgan fingerprint density at radius 1 is 1.15 bits per heavy atom. The molecular weight excluding hydrogens is 250 g/mol. The fourth-order valence-corrected chi connectivity index (χ4v) is 1.90. The predicted molar refractivity (Wildman–Crippen MR) is 84.9 cm³/mol. The Morgan fingerprint density at radius 3 is 2.45 bits per heavy atom. The zero-order valence-corrected chi connectivity index (χ0v) is 12.4. The van der Waals surface area contributed by atoms with E-state index < -0.39 is 0 Å². The molecule has 1 amide bonds. The number of benzene rings is 1. The van der Waals surface area contributed by atoms with E-state index in [1.54, 1.807) is 6.08 Å². The van der Waals surface area contributed by atoms with Crippen LogP contribution in [0.5, 0.6) is 0 Å². The van der Waals surface area contributed by atoms with E-state index in [2.05, 4.69) is 18.8 Å². The van der Waals surface area contributed by atoms with Crippen LogP contribution in [0.15, 0.2) is 30.8 Å². The lowest BCUT2D eigenvalue weighted by atomic mass is 10.1. The number of rotatable bonds is 9. The van der Waals surface area contributed by atoms with Gasteiger partial charge < -0.3 is 4.74 Å². The number of unbranched alkanes of at least 4 members (excludes halogenated alkanes) is 5. The van der Waals surface area contributed by atoms with Crippen LogP contribution in [0.4, 0.5) is 10.5 Å². The van der Waals surface area contributed by atoms with Gasteiger partial charge in [-0.2, -0.15) is 0 Å². The molecule has 0 radical (unpaired) electrons. The van der Waals surface area contributed by atoms with Crippen LogP contribution in [0.1, 0.15) is 51.0 Å². The van der Waals surface area contributed by atoms with Crippen LogP contribution in [0.2, 0.25) is 0 Å². The van der Waals surface area contributed by atoms with Crippen molar-refractivity contribution in [2.24, 2.45) is 0 Å². The van der Waals surface area contributed by atoms with Crippen LogP contribution in [0.25, 0.3) is 6.08 Å². The summed E-state index contributed by atoms with van der Waals surface area (Å²) < 4.78 is 5.14. The van der Waals surface area contributed by atoms with Gasteiger partial charge in [0, 0.05) is 5.69 Å². The van der Waals surface area contributed by atoms with Crippen LogP contribution in [0.3, 0.4) is 0 Å². The molecule has 0 aliphatic rings. The van der Waals surface area contributed by atoms with Gasteiger partial charge in [-0.3, -0.25) is 5.32 Å². The standard InChI is InChI=1S/C17H25NO2/c1-3-5-6-7-8-9-14-20-17(19)18-16-12-10-15(4-2)11-13-16/h4,10-13H,2-3,5-9,14H2,1H3,(H,18,19). The molecule has 0 bridgehead atoms. The molecule has 1 aromatic carbocycles. The smallest absolute Gasteiger partial charge is 0.411 e. The summed E-state index contributed by atoms with van der Waals surface area (Å²) in [5, 5.41) is 2.71. The summed E-state index contributed by atoms with van der Waals surface area (Å²) in [5.41, 5.74) is 1.76. The van der Waals surface area contributed by atoms with E-state index in [-0.39, 0.29) is 6.09 Å². The zero-order chi connectivity index (χ0) is 14.6. The van der Waals surface area contributed by atoms with Gasteiger partial charge in [-0.25, -0.2) is 4.79 Å². The minimum Gasteiger partial charge on any atom is -0.449 e. The second-order valence-corrected chi connectivity index (χ2v) is 4.85. The van der Waals surface area contributed by atoms with Gasteiger partial charge in [0.1, 0.15) is 0 Å². The number of carbonyl (C=O) groups excluding carboxylic acids is 1. The number of hydrogen-bond acceptors (Lipinski definition) is 2. The zero-order valence-electron chi connectivity index (χ0n) is 12.4. The van der Waals surface area contributed by atoms with E-state index in [0.29, 0.717) is 6.61 Å². The monoisotopic (exact) mass is 275 g/mol. The lowest BCUT2D eigenvalue weighted by Gasteiger charge is -2.07. The second-order valence-electron chi connectivity index (χ2n) is 4.85. The minimum absolute atomic E-state index is 0.384. The van der Waals surface area contributed by atoms with Crippen LogP contribution in [-0.2, 0) is 4.74 Å². The molecule has 0 fully saturated rings. The highest BCUT2D eigenvalue weighted by atomic mass is 16.5. The molecule has 0 heterocycles. The first-order valence-corrected chi connectivity index (χ1v) is 7.42. The van der Waals surface area contributed by atoms with E-state index >= 15 is 0 Å². The first-order valence-electron chi connectivity index (χ1n) is 7.42. The molecule has 0 spiro atoms. The Labute approximate surface area is 122 Å². The maximum atomic E-state index is 11.5. The summed E-state index contributed by atoms with van der Waals surface area (Å²) in [7, 11) is 0. The number of nitrogens with one attached hydrogen (secondary N) is 1. The normalized spacial score (nSPS) is 10.1. The molecule has 110 valence electrons. The average molecular weight is 275 g/mol. The fraction of sp³-hybridized carbons (Fsp3) is 0.471. The van der Waals surface area contributed by atoms with Crippen molar-refractivity contribution < 1.29 is 9.53 Å². The van der Waals surface area contributed by atoms with E-state index in [1.165, 1.54) is 25.7 Å². The highest BCUT2D eigenvalue weighted by Gasteiger charge is 2.02. The molecule has 3 nitrogen and oxygen atoms in total. The molecular formula is C17H25NO2. The van der Waals surface area contributed by atoms with E-state index in [1.807, 2.05) is 24.3 Å². The number of amides is 1. The third kappa shape index (κ3) is 6.98. The molecule has 0 aliphatic carbocycles. The van der Waals surface area contributed by atoms with Gasteiger partial charge in [0.05, 0.1) is 6.61 Å². The molecule has 1 rings (SSSR count). The number of carbonyl (C=O) groups is 1. The minimum atomic E-state index is -0.384. The lowest BCUT2D eigenvalue weighted by molar-refractivity contribution is 0.159. The predicted octanol–water partition coefficient (Wildman–Crippen LogP) is 5.24. The van der Waals surface area contributed by atoms with Gasteiger partial charge in [-0.05, 0) is 24.1 Å². The third-order valence-corrected chi connectivity index (χ3v) is 3.12. The first kappa shape index (κ1) is 16.3. The Morgan fingerprint density at radius 2 is 1.80 bits per heavy atom. The molecule has 3 heteroatoms. The topological polar surface area (TPSA) is 38.3 Å². The van der Waals surface area contributed by atoms with Crippen molar-refractivity contribution in [3.63, 3.8) is 0 Å². The van der Waals surface area contributed by atoms with E-state index in [9.17, 15) is 4.79 Å². The molecule has 0 saturated heterocycles. The molecule has 0 aliphatic heterocycles. The Kier molecular flexibility index (Phi) is 8.20. The Hall–Kier alpha value is -1.77. The molecule has 20 heavy (non-hydrogen) atoms. The molecule has 0 aromatic heterocycles. The summed E-state index contributed by atoms with van der Waals surface area (Å²) in [6.07, 6.45) is 8.49. The quantitative estimate of drug-likeness (QED) is 0.626. The van der Waals surface area contributed by atoms with Crippen molar-refractivity contribution in [2.75, 3.05) is 11.9 Å². The lowest BCUT2D eigenvalue weighted by Crippen LogP contribution is -2.14. The number of ether oxygens (including phenoxy) is 1. The summed E-state index contributed by atoms with van der Waals surface area (Å²) in [5.74, 6) is 0. The Bertz CT molecular complexity index is 398. The van der Waals surface area contributed by atoms with Crippen molar-refractivity contribution in [3.05, 3.63) is 36.4 Å². The van der Waals surface area contributed by atoms with Gasteiger partial charge >= 0.3 is 6.09 Å². The summed E-state index contributed by atoms with van der Waals surface area (Å²) in [6, 6.07) is 7.47. The van der Waals surface area contributed by atoms with Crippen molar-refractivity contribution in [3.8, 4) is 0 Å². The van der Waals surface area contributed by atoms with Crippen molar-refractivity contribution in [1.29, 1.82) is 0 Å². The molecule has 0 saturated carbocycles. The average Bonchev–Trinajstić information content (AvgIpc) is 2.47. The molecule has 0 atom stereocenters. The summed E-state index contributed by atoms with van der Waals surface area (Å²) in [6.45, 7) is 6.38. The maximum absolute atomic E-state index is 11.5. The van der Waals surface area contributed by atoms with Gasteiger partial charge in [-0.1, -0.05) is 63.8 Å². The summed E-state index contributed by atoms with van der Waals surface area (Å²) in [4.78, 5) is 11.5. The Balaban J connectivity index is 2.12. The molecule has 1 aromatic rings. The summed E-state index contributed by atoms with van der Waals surface area (Å²) >= 11 is 0. The fourth-order valence-electron chi connectivity index (χ4n) is 1.90. The largest absolute Gasteiger partial charge is 0.449 e. The van der Waals surface area contributed by atoms with Gasteiger partial charge in [-0.15, -0.1) is 0 Å². The molecule has 1 N–H and O–H groups in total. The molecule has 0 unspecified atom stereocenters. The van der Waals surface area contributed by atoms with Crippen LogP contribution < -0.4 is 5.32 Å². The van der Waals surface area contributed by atoms with E-state index in [4.69, 9.17) is 4.74 Å². The van der Waals surface area contributed by atoms with Gasteiger partial charge in [0.2, 0.25) is 0 Å². The van der Waals surface area contributed by atoms with Crippen molar-refractivity contribution in [2.45, 2.75) is 45.4 Å². The van der Waals surface area contributed by atoms with Crippen LogP contribution in [0, 0.1) is 0 Å². The van der Waals surface area contributed by atoms with E-state index in [0.717, 1.165) is 24.1 Å². The third-order valence-electron chi connectivity index (χ3n) is 3.12. The first-order chi connectivity index (χ1) is 9.76. The SMILES string of the molecule is C=Cc1ccc(NC(=O)OCCCCCCCC)cc1. The van der Waals surface area contributed by atoms with Crippen molar-refractivity contribution >= 4 is 17.9 Å². The second kappa shape index (κ2) is 10.1. The van der Waals surface area contributed by atoms with Gasteiger partial charge in [0.15, 0.2) is 0 Å². The maximum Gasteiger partial charge on any atom is 0.411 e. The highest BCUT2D eigenvalue weighted by molar-refractivity contribution is 5.84. The van der Waals surface area contributed by atoms with Crippen molar-refractivity contribution in [1.82, 2.24) is 0 Å². The van der Waals surface area contributed by atoms with Crippen LogP contribution >= 0.6 is 0 Å². The van der Waals surface area contributed by atoms with Gasteiger partial charge in [0.25, 0.3) is 0 Å². The number of anilines is 1. The number of hydrogen-bond donors (Lipinski definition) is 1.